The Morgan fingerprint density at radius 2 is 1.45 bits per heavy atom. The summed E-state index contributed by atoms with van der Waals surface area (Å²) in [6, 6.07) is 26.0. The molecule has 1 aromatic heterocycles. The summed E-state index contributed by atoms with van der Waals surface area (Å²) in [4.78, 5) is 42.0. The van der Waals surface area contributed by atoms with Gasteiger partial charge in [-0.15, -0.1) is 4.52 Å². The highest BCUT2D eigenvalue weighted by Gasteiger charge is 2.45. The van der Waals surface area contributed by atoms with Crippen molar-refractivity contribution >= 4 is 20.0 Å². The molecule has 1 aliphatic heterocycles. The summed E-state index contributed by atoms with van der Waals surface area (Å²) < 4.78 is 42.2. The van der Waals surface area contributed by atoms with E-state index in [0.717, 1.165) is 16.7 Å². The van der Waals surface area contributed by atoms with Gasteiger partial charge in [-0.3, -0.25) is 9.36 Å². The predicted octanol–water partition coefficient (Wildman–Crippen LogP) is 4.24. The van der Waals surface area contributed by atoms with Gasteiger partial charge in [0, 0.05) is 19.0 Å². The summed E-state index contributed by atoms with van der Waals surface area (Å²) in [7, 11) is -0.0720. The SMILES string of the molecule is CCC(=O)Nc1ccn([C@H]2C[C@H](O[P+](=O)[O-])[C@@H](COC(c3ccccc3)(c3ccc(OC)cc3)c3ccc(OC)cc3)O2)c(=O)n1.CC[NH+](CC)CC. The number of hydrogen-bond acceptors (Lipinski definition) is 10. The average Bonchev–Trinajstić information content (AvgIpc) is 3.58. The maximum atomic E-state index is 12.9. The van der Waals surface area contributed by atoms with E-state index in [-0.39, 0.29) is 31.2 Å². The molecular formula is C39H50N4O9P+. The number of methoxy groups -OCH3 is 2. The number of carbonyl (C=O) groups excluding carboxylic acids is 1. The molecule has 1 aliphatic rings. The number of carbonyl (C=O) groups is 1. The second kappa shape index (κ2) is 20.1. The highest BCUT2D eigenvalue weighted by Crippen LogP contribution is 2.43. The smallest absolute Gasteiger partial charge is 0.488 e. The molecule has 2 heterocycles. The van der Waals surface area contributed by atoms with Crippen LogP contribution in [0.2, 0.25) is 0 Å². The van der Waals surface area contributed by atoms with Crippen LogP contribution in [0.4, 0.5) is 5.82 Å². The molecule has 5 rings (SSSR count). The molecule has 0 bridgehead atoms. The molecule has 4 atom stereocenters. The normalized spacial score (nSPS) is 17.1. The Morgan fingerprint density at radius 3 is 1.91 bits per heavy atom. The first-order valence-corrected chi connectivity index (χ1v) is 18.9. The van der Waals surface area contributed by atoms with Gasteiger partial charge in [-0.05, 0) is 72.4 Å². The number of amides is 1. The van der Waals surface area contributed by atoms with Gasteiger partial charge in [0.05, 0.1) is 40.5 Å². The summed E-state index contributed by atoms with van der Waals surface area (Å²) in [6.45, 7) is 12.0. The maximum Gasteiger partial charge on any atom is 0.488 e. The van der Waals surface area contributed by atoms with Crippen LogP contribution in [0.25, 0.3) is 0 Å². The fraction of sp³-hybridized carbons (Fsp3) is 0.410. The first kappa shape index (κ1) is 41.3. The zero-order valence-electron chi connectivity index (χ0n) is 31.2. The number of nitrogens with zero attached hydrogens (tertiary/aromatic N) is 2. The van der Waals surface area contributed by atoms with Gasteiger partial charge in [-0.25, -0.2) is 4.79 Å². The molecule has 1 amide bonds. The third-order valence-electron chi connectivity index (χ3n) is 9.27. The summed E-state index contributed by atoms with van der Waals surface area (Å²) in [5, 5.41) is 2.55. The van der Waals surface area contributed by atoms with Gasteiger partial charge in [0.25, 0.3) is 0 Å². The largest absolute Gasteiger partial charge is 0.566 e. The molecule has 284 valence electrons. The third kappa shape index (κ3) is 10.6. The van der Waals surface area contributed by atoms with E-state index in [0.29, 0.717) is 11.5 Å². The summed E-state index contributed by atoms with van der Waals surface area (Å²) in [5.41, 5.74) is 0.481. The minimum Gasteiger partial charge on any atom is -0.566 e. The first-order chi connectivity index (χ1) is 25.6. The van der Waals surface area contributed by atoms with Crippen molar-refractivity contribution in [2.24, 2.45) is 0 Å². The Hall–Kier alpha value is -4.49. The number of benzene rings is 3. The lowest BCUT2D eigenvalue weighted by Crippen LogP contribution is -3.11. The van der Waals surface area contributed by atoms with E-state index in [1.807, 2.05) is 78.9 Å². The number of anilines is 1. The van der Waals surface area contributed by atoms with Crippen LogP contribution in [0.15, 0.2) is 95.9 Å². The van der Waals surface area contributed by atoms with E-state index >= 15 is 0 Å². The Kier molecular flexibility index (Phi) is 15.6. The number of hydrogen-bond donors (Lipinski definition) is 2. The summed E-state index contributed by atoms with van der Waals surface area (Å²) >= 11 is 0. The molecular weight excluding hydrogens is 699 g/mol. The molecule has 2 N–H and O–H groups in total. The Morgan fingerprint density at radius 1 is 0.906 bits per heavy atom. The number of rotatable bonds is 16. The monoisotopic (exact) mass is 749 g/mol. The van der Waals surface area contributed by atoms with Gasteiger partial charge in [0.15, 0.2) is 0 Å². The molecule has 13 nitrogen and oxygen atoms in total. The molecule has 4 aromatic rings. The fourth-order valence-electron chi connectivity index (χ4n) is 6.21. The molecule has 0 saturated carbocycles. The number of nitrogens with one attached hydrogen (secondary N) is 2. The van der Waals surface area contributed by atoms with Crippen LogP contribution in [0.3, 0.4) is 0 Å². The van der Waals surface area contributed by atoms with E-state index < -0.39 is 38.0 Å². The highest BCUT2D eigenvalue weighted by atomic mass is 31.1. The molecule has 14 heteroatoms. The van der Waals surface area contributed by atoms with Gasteiger partial charge in [-0.2, -0.15) is 4.98 Å². The number of aromatic nitrogens is 2. The summed E-state index contributed by atoms with van der Waals surface area (Å²) in [6.07, 6.45) is -1.07. The first-order valence-electron chi connectivity index (χ1n) is 17.8. The number of quaternary nitrogens is 1. The van der Waals surface area contributed by atoms with Crippen LogP contribution < -0.4 is 30.3 Å². The second-order valence-corrected chi connectivity index (χ2v) is 12.9. The van der Waals surface area contributed by atoms with Crippen molar-refractivity contribution in [3.63, 3.8) is 0 Å². The molecule has 1 unspecified atom stereocenters. The van der Waals surface area contributed by atoms with Gasteiger partial charge in [0.2, 0.25) is 5.91 Å². The van der Waals surface area contributed by atoms with E-state index in [1.165, 1.54) is 36.5 Å². The van der Waals surface area contributed by atoms with Crippen LogP contribution >= 0.6 is 8.25 Å². The van der Waals surface area contributed by atoms with Crippen molar-refractivity contribution in [3.8, 4) is 11.5 Å². The van der Waals surface area contributed by atoms with Gasteiger partial charge in [-0.1, -0.05) is 61.5 Å². The third-order valence-corrected chi connectivity index (χ3v) is 9.71. The minimum absolute atomic E-state index is 0.0308. The Labute approximate surface area is 311 Å². The van der Waals surface area contributed by atoms with Crippen molar-refractivity contribution in [1.29, 1.82) is 0 Å². The average molecular weight is 750 g/mol. The predicted molar refractivity (Wildman–Crippen MR) is 199 cm³/mol. The zero-order chi connectivity index (χ0) is 38.4. The molecule has 1 saturated heterocycles. The zero-order valence-corrected chi connectivity index (χ0v) is 32.0. The molecule has 1 fully saturated rings. The van der Waals surface area contributed by atoms with E-state index in [9.17, 15) is 19.0 Å². The standard InChI is InChI=1S/C33H34N3O9P.C6H15N/c1-4-30(37)34-29-18-19-36(32(38)35-29)31-20-27(45-46(39)40)28(44-31)21-43-33(22-8-6-5-7-9-22,23-10-14-25(41-2)15-11-23)24-12-16-26(42-3)17-13-24;1-4-7(5-2)6-3/h5-19,27-28,31H,4,20-21H2,1-3H3,(H,34,35,37,38);4-6H2,1-3H3/p+1/t27-,28+,31+;/m0./s1. The van der Waals surface area contributed by atoms with Crippen molar-refractivity contribution in [2.75, 3.05) is 45.8 Å². The Bertz CT molecular complexity index is 1750. The van der Waals surface area contributed by atoms with E-state index in [4.69, 9.17) is 23.5 Å². The van der Waals surface area contributed by atoms with Gasteiger partial charge in [0.1, 0.15) is 41.4 Å². The van der Waals surface area contributed by atoms with Crippen molar-refractivity contribution in [2.45, 2.75) is 64.6 Å². The summed E-state index contributed by atoms with van der Waals surface area (Å²) in [5.74, 6) is 1.14. The quantitative estimate of drug-likeness (QED) is 0.126. The lowest BCUT2D eigenvalue weighted by Gasteiger charge is -2.37. The van der Waals surface area contributed by atoms with Crippen LogP contribution in [-0.2, 0) is 29.0 Å². The lowest BCUT2D eigenvalue weighted by molar-refractivity contribution is -0.894. The lowest BCUT2D eigenvalue weighted by atomic mass is 9.80. The Balaban J connectivity index is 0.000000815. The molecule has 53 heavy (non-hydrogen) atoms. The molecule has 3 aromatic carbocycles. The molecule has 0 aliphatic carbocycles. The van der Waals surface area contributed by atoms with Crippen LogP contribution in [-0.4, -0.2) is 68.1 Å². The van der Waals surface area contributed by atoms with Crippen molar-refractivity contribution in [1.82, 2.24) is 9.55 Å². The minimum atomic E-state index is -3.25. The van der Waals surface area contributed by atoms with Crippen LogP contribution in [0.1, 0.15) is 63.5 Å². The number of ether oxygens (including phenoxy) is 4. The molecule has 0 spiro atoms. The van der Waals surface area contributed by atoms with E-state index in [1.54, 1.807) is 26.0 Å². The van der Waals surface area contributed by atoms with Crippen molar-refractivity contribution in [3.05, 3.63) is 118 Å². The molecule has 0 radical (unpaired) electrons. The second-order valence-electron chi connectivity index (χ2n) is 12.3. The van der Waals surface area contributed by atoms with Crippen LogP contribution in [0.5, 0.6) is 11.5 Å². The van der Waals surface area contributed by atoms with Gasteiger partial charge < -0.3 is 34.1 Å². The topological polar surface area (TPSA) is 155 Å². The van der Waals surface area contributed by atoms with Gasteiger partial charge >= 0.3 is 13.9 Å². The highest BCUT2D eigenvalue weighted by molar-refractivity contribution is 7.30. The van der Waals surface area contributed by atoms with E-state index in [2.05, 4.69) is 31.1 Å². The maximum absolute atomic E-state index is 12.9. The van der Waals surface area contributed by atoms with Crippen LogP contribution in [0, 0.1) is 0 Å². The fourth-order valence-corrected chi connectivity index (χ4v) is 6.65. The van der Waals surface area contributed by atoms with Crippen molar-refractivity contribution < 1.29 is 42.6 Å².